The van der Waals surface area contributed by atoms with Gasteiger partial charge in [-0.05, 0) is 25.0 Å². The molecular weight excluding hydrogens is 242 g/mol. The van der Waals surface area contributed by atoms with Crippen LogP contribution in [0.5, 0.6) is 0 Å². The number of nitrogens with zero attached hydrogens (tertiary/aromatic N) is 1. The Kier molecular flexibility index (Phi) is 4.66. The second kappa shape index (κ2) is 6.25. The van der Waals surface area contributed by atoms with Crippen LogP contribution in [0.2, 0.25) is 0 Å². The van der Waals surface area contributed by atoms with Crippen LogP contribution in [0, 0.1) is 5.92 Å². The Morgan fingerprint density at radius 1 is 1.28 bits per heavy atom. The van der Waals surface area contributed by atoms with Crippen molar-refractivity contribution in [1.29, 1.82) is 0 Å². The minimum Gasteiger partial charge on any atom is -0.333 e. The van der Waals surface area contributed by atoms with Crippen LogP contribution >= 0.6 is 11.8 Å². The zero-order chi connectivity index (χ0) is 13.0. The van der Waals surface area contributed by atoms with E-state index in [2.05, 4.69) is 42.1 Å². The number of hydrogen-bond acceptors (Lipinski definition) is 3. The lowest BCUT2D eigenvalue weighted by Gasteiger charge is -2.16. The van der Waals surface area contributed by atoms with Gasteiger partial charge < -0.3 is 10.3 Å². The maximum Gasteiger partial charge on any atom is 0.166 e. The standard InChI is InChI=1S/C14H21N3S/c1-10(2)11(3)15-8-9-18-14-16-12-6-4-5-7-13(12)17-14/h4-7,10-11,15H,8-9H2,1-3H3,(H,16,17). The molecule has 0 amide bonds. The predicted octanol–water partition coefficient (Wildman–Crippen LogP) is 3.29. The van der Waals surface area contributed by atoms with E-state index < -0.39 is 0 Å². The van der Waals surface area contributed by atoms with E-state index in [9.17, 15) is 0 Å². The Morgan fingerprint density at radius 3 is 2.78 bits per heavy atom. The number of hydrogen-bond donors (Lipinski definition) is 2. The first-order valence-electron chi connectivity index (χ1n) is 6.47. The van der Waals surface area contributed by atoms with Crippen LogP contribution in [0.25, 0.3) is 11.0 Å². The van der Waals surface area contributed by atoms with Gasteiger partial charge in [0.15, 0.2) is 5.16 Å². The number of aromatic nitrogens is 2. The summed E-state index contributed by atoms with van der Waals surface area (Å²) in [5.74, 6) is 1.72. The summed E-state index contributed by atoms with van der Waals surface area (Å²) < 4.78 is 0. The molecule has 3 nitrogen and oxygen atoms in total. The SMILES string of the molecule is CC(C)C(C)NCCSc1nc2ccccc2[nH]1. The van der Waals surface area contributed by atoms with Crippen molar-refractivity contribution in [2.75, 3.05) is 12.3 Å². The summed E-state index contributed by atoms with van der Waals surface area (Å²) in [6.07, 6.45) is 0. The van der Waals surface area contributed by atoms with Crippen LogP contribution < -0.4 is 5.32 Å². The number of rotatable bonds is 6. The molecule has 1 heterocycles. The molecule has 2 N–H and O–H groups in total. The highest BCUT2D eigenvalue weighted by Gasteiger charge is 2.06. The van der Waals surface area contributed by atoms with E-state index in [1.165, 1.54) is 0 Å². The summed E-state index contributed by atoms with van der Waals surface area (Å²) in [7, 11) is 0. The number of fused-ring (bicyclic) bond motifs is 1. The highest BCUT2D eigenvalue weighted by Crippen LogP contribution is 2.18. The Balaban J connectivity index is 1.80. The molecule has 1 aromatic heterocycles. The van der Waals surface area contributed by atoms with Gasteiger partial charge in [0.25, 0.3) is 0 Å². The smallest absolute Gasteiger partial charge is 0.166 e. The minimum absolute atomic E-state index is 0.571. The van der Waals surface area contributed by atoms with Gasteiger partial charge in [0.2, 0.25) is 0 Å². The summed E-state index contributed by atoms with van der Waals surface area (Å²) in [5.41, 5.74) is 2.16. The zero-order valence-electron chi connectivity index (χ0n) is 11.2. The van der Waals surface area contributed by atoms with Gasteiger partial charge in [0.1, 0.15) is 0 Å². The van der Waals surface area contributed by atoms with Crippen LogP contribution in [0.4, 0.5) is 0 Å². The van der Waals surface area contributed by atoms with Gasteiger partial charge in [-0.1, -0.05) is 37.7 Å². The maximum absolute atomic E-state index is 4.54. The summed E-state index contributed by atoms with van der Waals surface area (Å²) in [6.45, 7) is 7.73. The van der Waals surface area contributed by atoms with Gasteiger partial charge >= 0.3 is 0 Å². The Bertz CT molecular complexity index is 459. The number of H-pyrrole nitrogens is 1. The van der Waals surface area contributed by atoms with Crippen LogP contribution in [-0.2, 0) is 0 Å². The van der Waals surface area contributed by atoms with Crippen molar-refractivity contribution in [3.05, 3.63) is 24.3 Å². The van der Waals surface area contributed by atoms with Gasteiger partial charge in [-0.15, -0.1) is 0 Å². The molecule has 0 aliphatic carbocycles. The quantitative estimate of drug-likeness (QED) is 0.620. The topological polar surface area (TPSA) is 40.7 Å². The van der Waals surface area contributed by atoms with E-state index in [1.807, 2.05) is 18.2 Å². The van der Waals surface area contributed by atoms with Gasteiger partial charge in [-0.25, -0.2) is 4.98 Å². The molecular formula is C14H21N3S. The van der Waals surface area contributed by atoms with E-state index >= 15 is 0 Å². The number of nitrogens with one attached hydrogen (secondary N) is 2. The third kappa shape index (κ3) is 3.50. The first-order valence-corrected chi connectivity index (χ1v) is 7.46. The molecule has 1 atom stereocenters. The first kappa shape index (κ1) is 13.4. The fourth-order valence-electron chi connectivity index (χ4n) is 1.67. The number of aromatic amines is 1. The average molecular weight is 263 g/mol. The van der Waals surface area contributed by atoms with Crippen molar-refractivity contribution < 1.29 is 0 Å². The van der Waals surface area contributed by atoms with Crippen LogP contribution in [0.3, 0.4) is 0 Å². The van der Waals surface area contributed by atoms with E-state index in [4.69, 9.17) is 0 Å². The molecule has 0 fully saturated rings. The third-order valence-electron chi connectivity index (χ3n) is 3.17. The summed E-state index contributed by atoms with van der Waals surface area (Å²) in [6, 6.07) is 8.71. The molecule has 4 heteroatoms. The van der Waals surface area contributed by atoms with Gasteiger partial charge in [-0.2, -0.15) is 0 Å². The normalized spacial score (nSPS) is 13.3. The van der Waals surface area contributed by atoms with Crippen LogP contribution in [0.15, 0.2) is 29.4 Å². The van der Waals surface area contributed by atoms with E-state index in [0.29, 0.717) is 12.0 Å². The van der Waals surface area contributed by atoms with Crippen molar-refractivity contribution >= 4 is 22.8 Å². The summed E-state index contributed by atoms with van der Waals surface area (Å²) in [4.78, 5) is 7.87. The Morgan fingerprint density at radius 2 is 2.06 bits per heavy atom. The average Bonchev–Trinajstić information content (AvgIpc) is 2.76. The van der Waals surface area contributed by atoms with Crippen molar-refractivity contribution in [2.24, 2.45) is 5.92 Å². The van der Waals surface area contributed by atoms with E-state index in [0.717, 1.165) is 28.5 Å². The molecule has 18 heavy (non-hydrogen) atoms. The fraction of sp³-hybridized carbons (Fsp3) is 0.500. The molecule has 0 saturated heterocycles. The van der Waals surface area contributed by atoms with Crippen LogP contribution in [0.1, 0.15) is 20.8 Å². The molecule has 0 aliphatic rings. The van der Waals surface area contributed by atoms with E-state index in [-0.39, 0.29) is 0 Å². The minimum atomic E-state index is 0.571. The molecule has 1 aromatic carbocycles. The lowest BCUT2D eigenvalue weighted by Crippen LogP contribution is -2.32. The number of imidazole rings is 1. The molecule has 0 spiro atoms. The summed E-state index contributed by atoms with van der Waals surface area (Å²) >= 11 is 1.77. The lowest BCUT2D eigenvalue weighted by atomic mass is 10.1. The van der Waals surface area contributed by atoms with Gasteiger partial charge in [0, 0.05) is 18.3 Å². The molecule has 1 unspecified atom stereocenters. The molecule has 0 bridgehead atoms. The van der Waals surface area contributed by atoms with Gasteiger partial charge in [0.05, 0.1) is 11.0 Å². The van der Waals surface area contributed by atoms with Crippen molar-refractivity contribution in [1.82, 2.24) is 15.3 Å². The first-order chi connectivity index (χ1) is 8.66. The Labute approximate surface area is 113 Å². The molecule has 2 aromatic rings. The molecule has 2 rings (SSSR count). The zero-order valence-corrected chi connectivity index (χ0v) is 12.1. The molecule has 0 aliphatic heterocycles. The lowest BCUT2D eigenvalue weighted by molar-refractivity contribution is 0.438. The second-order valence-corrected chi connectivity index (χ2v) is 5.98. The highest BCUT2D eigenvalue weighted by atomic mass is 32.2. The van der Waals surface area contributed by atoms with E-state index in [1.54, 1.807) is 11.8 Å². The van der Waals surface area contributed by atoms with Crippen LogP contribution in [-0.4, -0.2) is 28.3 Å². The molecule has 0 saturated carbocycles. The largest absolute Gasteiger partial charge is 0.333 e. The Hall–Kier alpha value is -1.00. The number of thioether (sulfide) groups is 1. The highest BCUT2D eigenvalue weighted by molar-refractivity contribution is 7.99. The maximum atomic E-state index is 4.54. The van der Waals surface area contributed by atoms with Crippen molar-refractivity contribution in [3.8, 4) is 0 Å². The summed E-state index contributed by atoms with van der Waals surface area (Å²) in [5, 5.41) is 4.53. The molecule has 98 valence electrons. The number of para-hydroxylation sites is 2. The fourth-order valence-corrected chi connectivity index (χ4v) is 2.43. The monoisotopic (exact) mass is 263 g/mol. The second-order valence-electron chi connectivity index (χ2n) is 4.89. The predicted molar refractivity (Wildman–Crippen MR) is 79.1 cm³/mol. The third-order valence-corrected chi connectivity index (χ3v) is 4.05. The molecule has 0 radical (unpaired) electrons. The van der Waals surface area contributed by atoms with Gasteiger partial charge in [-0.3, -0.25) is 0 Å². The van der Waals surface area contributed by atoms with Crippen molar-refractivity contribution in [3.63, 3.8) is 0 Å². The number of benzene rings is 1. The van der Waals surface area contributed by atoms with Crippen molar-refractivity contribution in [2.45, 2.75) is 32.0 Å².